The van der Waals surface area contributed by atoms with Crippen molar-refractivity contribution in [2.24, 2.45) is 0 Å². The largest absolute Gasteiger partial charge is 0.344 e. The zero-order valence-corrected chi connectivity index (χ0v) is 9.52. The topological polar surface area (TPSA) is 0 Å². The molecular formula is C3H7Rf-. The summed E-state index contributed by atoms with van der Waals surface area (Å²) in [5.74, 6) is 0. The Bertz CT molecular complexity index is 3.25. The minimum Gasteiger partial charge on any atom is -0.344 e. The average molecular weight is 310 g/mol. The third-order valence-corrected chi connectivity index (χ3v) is 0. The smallest absolute Gasteiger partial charge is 0 e. The Balaban J connectivity index is 0. The van der Waals surface area contributed by atoms with E-state index < -0.39 is 0 Å². The van der Waals surface area contributed by atoms with Gasteiger partial charge in [-0.15, -0.1) is 0 Å². The van der Waals surface area contributed by atoms with Crippen LogP contribution in [-0.4, -0.2) is 0 Å². The summed E-state index contributed by atoms with van der Waals surface area (Å²) >= 11 is 0. The molecule has 0 bridgehead atoms. The van der Waals surface area contributed by atoms with Crippen molar-refractivity contribution in [2.75, 3.05) is 0 Å². The maximum atomic E-state index is 3.49. The van der Waals surface area contributed by atoms with Crippen LogP contribution in [0.1, 0.15) is 13.3 Å². The summed E-state index contributed by atoms with van der Waals surface area (Å²) in [5.41, 5.74) is 0. The molecule has 0 aromatic rings. The molecule has 0 unspecified atom stereocenters. The molecule has 0 N–H and O–H groups in total. The van der Waals surface area contributed by atoms with Crippen LogP contribution in [0.15, 0.2) is 0 Å². The van der Waals surface area contributed by atoms with E-state index in [1.54, 1.807) is 0 Å². The molecule has 0 atom stereocenters. The Hall–Kier alpha value is -1.00. The van der Waals surface area contributed by atoms with Crippen molar-refractivity contribution < 1.29 is 0 Å². The molecule has 0 nitrogen and oxygen atoms in total. The summed E-state index contributed by atoms with van der Waals surface area (Å²) in [7, 11) is 0. The molecular weight excluding hydrogens is 303 g/mol. The third-order valence-electron chi connectivity index (χ3n) is 0. The van der Waals surface area contributed by atoms with Gasteiger partial charge in [-0.3, -0.25) is 0 Å². The maximum Gasteiger partial charge on any atom is 0 e. The van der Waals surface area contributed by atoms with Gasteiger partial charge in [-0.25, -0.2) is 0 Å². The van der Waals surface area contributed by atoms with Crippen LogP contribution in [0, 0.1) is 6.92 Å². The Morgan fingerprint density at radius 1 is 1.75 bits per heavy atom. The van der Waals surface area contributed by atoms with Crippen LogP contribution in [0.25, 0.3) is 0 Å². The van der Waals surface area contributed by atoms with Crippen molar-refractivity contribution in [1.29, 1.82) is 0 Å². The molecule has 0 aromatic carbocycles. The predicted molar refractivity (Wildman–Crippen MR) is 15.6 cm³/mol. The van der Waals surface area contributed by atoms with Crippen LogP contribution in [0.5, 0.6) is 0 Å². The van der Waals surface area contributed by atoms with Crippen LogP contribution in [0.4, 0.5) is 0 Å². The minimum absolute atomic E-state index is 0. The van der Waals surface area contributed by atoms with E-state index in [0.29, 0.717) is 0 Å². The van der Waals surface area contributed by atoms with E-state index in [1.165, 1.54) is 0 Å². The predicted octanol–water partition coefficient (Wildman–Crippen LogP) is 1.23. The fourth-order valence-corrected chi connectivity index (χ4v) is 0. The Morgan fingerprint density at radius 3 is 1.75 bits per heavy atom. The molecule has 0 fully saturated rings. The summed E-state index contributed by atoms with van der Waals surface area (Å²) in [6, 6.07) is 0. The van der Waals surface area contributed by atoms with Gasteiger partial charge in [-0.1, -0.05) is 6.92 Å². The van der Waals surface area contributed by atoms with E-state index in [0.717, 1.165) is 6.42 Å². The molecule has 0 heterocycles. The standard InChI is InChI=1S/C3H7.Rf/c1-3-2;/h1,3H2,2H3;/q-1;. The molecule has 0 aliphatic rings. The second-order valence-electron chi connectivity index (χ2n) is 0.500. The summed E-state index contributed by atoms with van der Waals surface area (Å²) in [5, 5.41) is 0. The van der Waals surface area contributed by atoms with Crippen molar-refractivity contribution in [3.8, 4) is 0 Å². The molecule has 0 aliphatic carbocycles. The molecule has 0 radical (unpaired) electrons. The van der Waals surface area contributed by atoms with Crippen LogP contribution in [-0.2, 0) is 0 Å². The van der Waals surface area contributed by atoms with Gasteiger partial charge in [-0.2, -0.15) is 6.42 Å². The molecule has 0 saturated carbocycles. The molecule has 0 saturated heterocycles. The van der Waals surface area contributed by atoms with Crippen LogP contribution >= 0.6 is 0 Å². The first-order chi connectivity index (χ1) is 1.41. The third kappa shape index (κ3) is 0. The average Bonchev–Trinajstić information content (AvgIpc) is 0.918. The van der Waals surface area contributed by atoms with E-state index in [2.05, 4.69) is 6.92 Å². The Morgan fingerprint density at radius 2 is 1.75 bits per heavy atom. The quantitative estimate of drug-likeness (QED) is 0.591. The van der Waals surface area contributed by atoms with Gasteiger partial charge in [0.2, 0.25) is 0 Å². The summed E-state index contributed by atoms with van der Waals surface area (Å²) < 4.78 is 0. The van der Waals surface area contributed by atoms with Gasteiger partial charge in [-0.05, 0) is 0 Å². The summed E-state index contributed by atoms with van der Waals surface area (Å²) in [4.78, 5) is 0. The van der Waals surface area contributed by atoms with Crippen molar-refractivity contribution in [3.63, 3.8) is 0 Å². The van der Waals surface area contributed by atoms with Gasteiger partial charge in [0.1, 0.15) is 0 Å². The monoisotopic (exact) mass is 310 g/mol. The minimum atomic E-state index is 0. The maximum absolute atomic E-state index is 3.49. The van der Waals surface area contributed by atoms with Gasteiger partial charge in [0, 0.05) is 0 Å². The molecule has 0 rings (SSSR count). The summed E-state index contributed by atoms with van der Waals surface area (Å²) in [6.45, 7) is 5.50. The second kappa shape index (κ2) is 0. The Kier molecular flexibility index (Phi) is 0. The van der Waals surface area contributed by atoms with Crippen LogP contribution < -0.4 is 0 Å². The zero-order chi connectivity index (χ0) is 2.71. The number of rotatable bonds is 0. The van der Waals surface area contributed by atoms with Crippen molar-refractivity contribution in [3.05, 3.63) is 6.92 Å². The molecule has 1 heteroatoms. The van der Waals surface area contributed by atoms with Gasteiger partial charge in [0.05, 0.1) is 0 Å². The van der Waals surface area contributed by atoms with Crippen LogP contribution in [0.2, 0.25) is 0 Å². The van der Waals surface area contributed by atoms with Gasteiger partial charge >= 0.3 is 0 Å². The van der Waals surface area contributed by atoms with E-state index >= 15 is 0 Å². The van der Waals surface area contributed by atoms with Crippen molar-refractivity contribution in [2.45, 2.75) is 13.3 Å². The van der Waals surface area contributed by atoms with E-state index in [4.69, 9.17) is 0 Å². The second-order valence-corrected chi connectivity index (χ2v) is 0.500. The van der Waals surface area contributed by atoms with Crippen molar-refractivity contribution >= 4 is 0 Å². The Labute approximate surface area is 21.5 Å². The van der Waals surface area contributed by atoms with E-state index in [1.807, 2.05) is 6.92 Å². The molecule has 0 amide bonds. The van der Waals surface area contributed by atoms with E-state index in [-0.39, 0.29) is 0 Å². The van der Waals surface area contributed by atoms with Gasteiger partial charge in [0.25, 0.3) is 0 Å². The molecule has 4 heavy (non-hydrogen) atoms. The summed E-state index contributed by atoms with van der Waals surface area (Å²) in [6.07, 6.45) is 1.00. The molecule has 0 aliphatic heterocycles. The molecule has 22 valence electrons. The first-order valence-corrected chi connectivity index (χ1v) is 1.21. The number of hydrogen-bond acceptors (Lipinski definition) is 0. The van der Waals surface area contributed by atoms with Crippen LogP contribution in [0.3, 0.4) is 0 Å². The molecule has 0 spiro atoms. The first-order valence-electron chi connectivity index (χ1n) is 1.21. The normalized spacial score (nSPS) is 4.50. The molecule has 0 aromatic heterocycles. The van der Waals surface area contributed by atoms with Crippen molar-refractivity contribution in [1.82, 2.24) is 0 Å². The first kappa shape index (κ1) is 12.0. The van der Waals surface area contributed by atoms with E-state index in [9.17, 15) is 0 Å². The fraction of sp³-hybridized carbons (Fsp3) is 0.667. The fourth-order valence-electron chi connectivity index (χ4n) is 0. The zero-order valence-electron chi connectivity index (χ0n) is 3.12. The SMILES string of the molecule is [CH2-]CC.[Rf]. The number of hydrogen-bond donors (Lipinski definition) is 0. The van der Waals surface area contributed by atoms with Gasteiger partial charge in [0.15, 0.2) is 0 Å². The van der Waals surface area contributed by atoms with Gasteiger partial charge < -0.3 is 6.92 Å².